The van der Waals surface area contributed by atoms with Gasteiger partial charge in [-0.2, -0.15) is 0 Å². The van der Waals surface area contributed by atoms with Gasteiger partial charge in [0.1, 0.15) is 0 Å². The molecule has 0 radical (unpaired) electrons. The van der Waals surface area contributed by atoms with E-state index in [0.717, 1.165) is 27.3 Å². The summed E-state index contributed by atoms with van der Waals surface area (Å²) in [6, 6.07) is 13.2. The number of methoxy groups -OCH3 is 5. The van der Waals surface area contributed by atoms with Crippen LogP contribution in [0.3, 0.4) is 0 Å². The maximum atomic E-state index is 13.6. The van der Waals surface area contributed by atoms with Crippen molar-refractivity contribution in [3.63, 3.8) is 0 Å². The minimum atomic E-state index is -0.519. The lowest BCUT2D eigenvalue weighted by molar-refractivity contribution is -0.141. The zero-order valence-corrected chi connectivity index (χ0v) is 26.8. The molecule has 3 aromatic carbocycles. The number of hydrogen-bond donors (Lipinski definition) is 0. The van der Waals surface area contributed by atoms with E-state index in [1.54, 1.807) is 47.3 Å². The van der Waals surface area contributed by atoms with Gasteiger partial charge in [-0.1, -0.05) is 5.21 Å². The molecule has 3 aliphatic rings. The minimum absolute atomic E-state index is 0.119. The molecular formula is C33H33N3O9S. The van der Waals surface area contributed by atoms with Gasteiger partial charge in [0.05, 0.1) is 66.0 Å². The molecule has 0 spiro atoms. The third-order valence-electron chi connectivity index (χ3n) is 8.78. The number of rotatable bonds is 10. The zero-order valence-electron chi connectivity index (χ0n) is 26.0. The van der Waals surface area contributed by atoms with E-state index in [1.165, 1.54) is 0 Å². The van der Waals surface area contributed by atoms with Gasteiger partial charge in [0, 0.05) is 22.5 Å². The summed E-state index contributed by atoms with van der Waals surface area (Å²) >= 11 is 1.61. The van der Waals surface area contributed by atoms with Gasteiger partial charge < -0.3 is 37.9 Å². The number of carbonyl (C=O) groups excluding carboxylic acids is 1. The first-order valence-electron chi connectivity index (χ1n) is 14.6. The number of carbonyl (C=O) groups is 1. The van der Waals surface area contributed by atoms with Crippen LogP contribution in [0, 0.1) is 11.8 Å². The van der Waals surface area contributed by atoms with E-state index < -0.39 is 11.8 Å². The standard InChI is InChI=1S/C33H33N3O9S/c1-38-23-7-6-19(10-24(23)39-2)46-15-18-13-36(35-34-18)31-21-12-26-25(44-16-45-26)11-20(21)29(30-22(31)14-43-33(30)37)17-8-27(40-3)32(42-5)28(9-17)41-4/h6-13,22,29-31H,14-16H2,1-5H3/t22-,29+,30-,31+/m0/s1. The Morgan fingerprint density at radius 1 is 0.826 bits per heavy atom. The molecule has 4 aromatic rings. The highest BCUT2D eigenvalue weighted by Gasteiger charge is 2.53. The van der Waals surface area contributed by atoms with Crippen LogP contribution in [0.1, 0.15) is 34.3 Å². The topological polar surface area (TPSA) is 122 Å². The zero-order chi connectivity index (χ0) is 31.9. The van der Waals surface area contributed by atoms with Crippen molar-refractivity contribution in [2.24, 2.45) is 11.8 Å². The van der Waals surface area contributed by atoms with E-state index in [0.29, 0.717) is 46.0 Å². The monoisotopic (exact) mass is 647 g/mol. The molecule has 1 saturated heterocycles. The molecule has 1 aliphatic carbocycles. The van der Waals surface area contributed by atoms with E-state index in [2.05, 4.69) is 10.3 Å². The van der Waals surface area contributed by atoms with Crippen LogP contribution in [0.2, 0.25) is 0 Å². The highest BCUT2D eigenvalue weighted by atomic mass is 32.2. The van der Waals surface area contributed by atoms with E-state index in [4.69, 9.17) is 37.9 Å². The number of cyclic esters (lactones) is 1. The van der Waals surface area contributed by atoms with Crippen molar-refractivity contribution in [3.8, 4) is 40.2 Å². The Morgan fingerprint density at radius 2 is 1.52 bits per heavy atom. The second-order valence-electron chi connectivity index (χ2n) is 11.0. The molecular weight excluding hydrogens is 614 g/mol. The van der Waals surface area contributed by atoms with Crippen LogP contribution in [0.5, 0.6) is 40.2 Å². The number of fused-ring (bicyclic) bond motifs is 3. The molecule has 0 amide bonds. The highest BCUT2D eigenvalue weighted by molar-refractivity contribution is 7.98. The average molecular weight is 648 g/mol. The maximum Gasteiger partial charge on any atom is 0.310 e. The SMILES string of the molecule is COc1ccc(SCc2cn([C@@H]3c4cc5c(cc4[C@@H](c4cc(OC)c(OC)c(OC)c4)[C@H]4C(=O)OC[C@@H]43)OCO5)nn2)cc1OC. The van der Waals surface area contributed by atoms with Crippen molar-refractivity contribution < 1.29 is 42.7 Å². The van der Waals surface area contributed by atoms with Crippen molar-refractivity contribution in [1.82, 2.24) is 15.0 Å². The lowest BCUT2D eigenvalue weighted by atomic mass is 9.65. The lowest BCUT2D eigenvalue weighted by Crippen LogP contribution is -2.37. The van der Waals surface area contributed by atoms with Crippen molar-refractivity contribution in [3.05, 3.63) is 71.0 Å². The molecule has 0 unspecified atom stereocenters. The molecule has 0 saturated carbocycles. The lowest BCUT2D eigenvalue weighted by Gasteiger charge is -2.39. The van der Waals surface area contributed by atoms with Crippen molar-refractivity contribution in [2.45, 2.75) is 22.6 Å². The Morgan fingerprint density at radius 3 is 2.20 bits per heavy atom. The Labute approximate surface area is 269 Å². The molecule has 7 rings (SSSR count). The highest BCUT2D eigenvalue weighted by Crippen LogP contribution is 2.56. The largest absolute Gasteiger partial charge is 0.493 e. The van der Waals surface area contributed by atoms with Crippen LogP contribution in [0.4, 0.5) is 0 Å². The quantitative estimate of drug-likeness (QED) is 0.173. The molecule has 1 fully saturated rings. The predicted molar refractivity (Wildman–Crippen MR) is 166 cm³/mol. The van der Waals surface area contributed by atoms with Gasteiger partial charge in [0.2, 0.25) is 12.5 Å². The smallest absolute Gasteiger partial charge is 0.310 e. The number of hydrogen-bond acceptors (Lipinski definition) is 12. The number of esters is 1. The summed E-state index contributed by atoms with van der Waals surface area (Å²) in [6.45, 7) is 0.353. The summed E-state index contributed by atoms with van der Waals surface area (Å²) in [5, 5.41) is 9.09. The fraction of sp³-hybridized carbons (Fsp3) is 0.364. The molecule has 240 valence electrons. The average Bonchev–Trinajstić information content (AvgIpc) is 3.84. The van der Waals surface area contributed by atoms with Gasteiger partial charge in [-0.25, -0.2) is 4.68 Å². The normalized spacial score (nSPS) is 20.8. The van der Waals surface area contributed by atoms with Crippen molar-refractivity contribution >= 4 is 17.7 Å². The summed E-state index contributed by atoms with van der Waals surface area (Å²) in [4.78, 5) is 14.6. The first-order chi connectivity index (χ1) is 22.5. The van der Waals surface area contributed by atoms with Crippen LogP contribution in [-0.4, -0.2) is 69.9 Å². The minimum Gasteiger partial charge on any atom is -0.493 e. The van der Waals surface area contributed by atoms with Crippen LogP contribution in [0.25, 0.3) is 0 Å². The first kappa shape index (κ1) is 29.9. The molecule has 0 N–H and O–H groups in total. The number of aromatic nitrogens is 3. The summed E-state index contributed by atoms with van der Waals surface area (Å²) in [5.74, 6) is 3.20. The number of nitrogens with zero attached hydrogens (tertiary/aromatic N) is 3. The molecule has 13 heteroatoms. The summed E-state index contributed by atoms with van der Waals surface area (Å²) in [5.41, 5.74) is 3.47. The number of thioether (sulfide) groups is 1. The predicted octanol–water partition coefficient (Wildman–Crippen LogP) is 4.87. The van der Waals surface area contributed by atoms with Crippen LogP contribution >= 0.6 is 11.8 Å². The van der Waals surface area contributed by atoms with E-state index in [-0.39, 0.29) is 31.3 Å². The Kier molecular flexibility index (Phi) is 7.93. The van der Waals surface area contributed by atoms with E-state index in [9.17, 15) is 4.79 Å². The number of ether oxygens (including phenoxy) is 8. The van der Waals surface area contributed by atoms with Crippen molar-refractivity contribution in [2.75, 3.05) is 48.9 Å². The molecule has 2 aliphatic heterocycles. The van der Waals surface area contributed by atoms with Gasteiger partial charge in [0.15, 0.2) is 34.5 Å². The molecule has 3 heterocycles. The van der Waals surface area contributed by atoms with Gasteiger partial charge in [-0.15, -0.1) is 16.9 Å². The molecule has 46 heavy (non-hydrogen) atoms. The van der Waals surface area contributed by atoms with E-state index >= 15 is 0 Å². The third-order valence-corrected chi connectivity index (χ3v) is 9.81. The molecule has 1 aromatic heterocycles. The Hall–Kier alpha value is -4.78. The molecule has 4 atom stereocenters. The molecule has 12 nitrogen and oxygen atoms in total. The van der Waals surface area contributed by atoms with Gasteiger partial charge in [-0.3, -0.25) is 4.79 Å². The number of benzene rings is 3. The fourth-order valence-electron chi connectivity index (χ4n) is 6.73. The van der Waals surface area contributed by atoms with Gasteiger partial charge >= 0.3 is 5.97 Å². The van der Waals surface area contributed by atoms with E-state index in [1.807, 2.05) is 53.3 Å². The fourth-order valence-corrected chi connectivity index (χ4v) is 7.53. The molecule has 0 bridgehead atoms. The van der Waals surface area contributed by atoms with Crippen LogP contribution in [-0.2, 0) is 15.3 Å². The van der Waals surface area contributed by atoms with Crippen LogP contribution < -0.4 is 33.2 Å². The first-order valence-corrected chi connectivity index (χ1v) is 15.6. The second-order valence-corrected chi connectivity index (χ2v) is 12.1. The Balaban J connectivity index is 1.29. The third kappa shape index (κ3) is 4.98. The van der Waals surface area contributed by atoms with Gasteiger partial charge in [0.25, 0.3) is 0 Å². The summed E-state index contributed by atoms with van der Waals surface area (Å²) in [7, 11) is 7.93. The van der Waals surface area contributed by atoms with Crippen molar-refractivity contribution in [1.29, 1.82) is 0 Å². The maximum absolute atomic E-state index is 13.6. The summed E-state index contributed by atoms with van der Waals surface area (Å²) < 4.78 is 47.0. The Bertz CT molecular complexity index is 1770. The summed E-state index contributed by atoms with van der Waals surface area (Å²) in [6.07, 6.45) is 1.94. The van der Waals surface area contributed by atoms with Gasteiger partial charge in [-0.05, 0) is 59.2 Å². The second kappa shape index (κ2) is 12.2. The van der Waals surface area contributed by atoms with Crippen LogP contribution in [0.15, 0.2) is 53.6 Å².